The average molecular weight is 276 g/mol. The second kappa shape index (κ2) is 5.15. The van der Waals surface area contributed by atoms with Crippen molar-refractivity contribution < 1.29 is 18.0 Å². The second-order valence-electron chi connectivity index (χ2n) is 5.54. The Morgan fingerprint density at radius 3 is 2.47 bits per heavy atom. The average Bonchev–Trinajstić information content (AvgIpc) is 2.38. The van der Waals surface area contributed by atoms with Crippen LogP contribution in [0.2, 0.25) is 0 Å². The number of hydrogen-bond donors (Lipinski definition) is 1. The van der Waals surface area contributed by atoms with Crippen LogP contribution >= 0.6 is 0 Å². The van der Waals surface area contributed by atoms with Gasteiger partial charge in [-0.05, 0) is 32.4 Å². The summed E-state index contributed by atoms with van der Waals surface area (Å²) in [6, 6.07) is 0. The smallest absolute Gasteiger partial charge is 0.338 e. The summed E-state index contributed by atoms with van der Waals surface area (Å²) in [4.78, 5) is 14.0. The molecular formula is C13H19F3N2O. The van der Waals surface area contributed by atoms with E-state index in [2.05, 4.69) is 5.32 Å². The van der Waals surface area contributed by atoms with E-state index in [1.807, 2.05) is 6.92 Å². The third-order valence-corrected chi connectivity index (χ3v) is 4.08. The van der Waals surface area contributed by atoms with Crippen LogP contribution in [0.3, 0.4) is 0 Å². The van der Waals surface area contributed by atoms with Crippen LogP contribution < -0.4 is 5.32 Å². The van der Waals surface area contributed by atoms with Crippen molar-refractivity contribution in [1.29, 1.82) is 0 Å². The Kier molecular flexibility index (Phi) is 3.90. The van der Waals surface area contributed by atoms with Crippen LogP contribution in [-0.4, -0.2) is 43.2 Å². The molecule has 0 bridgehead atoms. The van der Waals surface area contributed by atoms with Crippen molar-refractivity contribution in [3.05, 3.63) is 11.6 Å². The Morgan fingerprint density at radius 1 is 1.37 bits per heavy atom. The molecule has 1 saturated heterocycles. The van der Waals surface area contributed by atoms with Crippen molar-refractivity contribution in [2.24, 2.45) is 5.41 Å². The Labute approximate surface area is 110 Å². The van der Waals surface area contributed by atoms with E-state index in [-0.39, 0.29) is 25.4 Å². The summed E-state index contributed by atoms with van der Waals surface area (Å²) in [6.07, 6.45) is -1.71. The zero-order valence-corrected chi connectivity index (χ0v) is 11.0. The van der Waals surface area contributed by atoms with Gasteiger partial charge in [-0.2, -0.15) is 13.2 Å². The van der Waals surface area contributed by atoms with Gasteiger partial charge in [0.25, 0.3) is 0 Å². The van der Waals surface area contributed by atoms with Gasteiger partial charge >= 0.3 is 6.18 Å². The molecule has 0 atom stereocenters. The predicted octanol–water partition coefficient (Wildman–Crippen LogP) is 2.10. The summed E-state index contributed by atoms with van der Waals surface area (Å²) >= 11 is 0. The number of rotatable bonds is 1. The van der Waals surface area contributed by atoms with Gasteiger partial charge in [-0.25, -0.2) is 0 Å². The number of alkyl halides is 3. The molecule has 0 aromatic carbocycles. The van der Waals surface area contributed by atoms with Gasteiger partial charge in [0.05, 0.1) is 0 Å². The van der Waals surface area contributed by atoms with Crippen molar-refractivity contribution >= 4 is 5.91 Å². The number of carbonyl (C=O) groups is 1. The molecule has 2 aliphatic rings. The molecule has 0 saturated carbocycles. The lowest BCUT2D eigenvalue weighted by atomic mass is 9.79. The van der Waals surface area contributed by atoms with E-state index >= 15 is 0 Å². The molecule has 0 unspecified atom stereocenters. The van der Waals surface area contributed by atoms with Crippen LogP contribution in [0.15, 0.2) is 11.6 Å². The van der Waals surface area contributed by atoms with Crippen LogP contribution in [0.1, 0.15) is 26.2 Å². The van der Waals surface area contributed by atoms with E-state index in [0.717, 1.165) is 32.0 Å². The lowest BCUT2D eigenvalue weighted by Crippen LogP contribution is -2.49. The fourth-order valence-electron chi connectivity index (χ4n) is 2.69. The maximum absolute atomic E-state index is 12.5. The van der Waals surface area contributed by atoms with Crippen LogP contribution in [0.25, 0.3) is 0 Å². The zero-order chi connectivity index (χ0) is 14.1. The highest BCUT2D eigenvalue weighted by atomic mass is 19.4. The standard InChI is InChI=1S/C13H19F3N2O/c1-12(4-6-17-7-5-12)11(19)18-8-2-10(3-9-18)13(14,15)16/h2,17H,3-9H2,1H3. The molecule has 108 valence electrons. The number of piperidine rings is 1. The van der Waals surface area contributed by atoms with Gasteiger partial charge in [-0.15, -0.1) is 0 Å². The number of carbonyl (C=O) groups excluding carboxylic acids is 1. The lowest BCUT2D eigenvalue weighted by Gasteiger charge is -2.38. The van der Waals surface area contributed by atoms with Crippen LogP contribution in [0, 0.1) is 5.41 Å². The second-order valence-corrected chi connectivity index (χ2v) is 5.54. The maximum atomic E-state index is 12.5. The molecule has 2 aliphatic heterocycles. The molecule has 1 N–H and O–H groups in total. The summed E-state index contributed by atoms with van der Waals surface area (Å²) < 4.78 is 37.6. The van der Waals surface area contributed by atoms with Gasteiger partial charge in [0.2, 0.25) is 5.91 Å². The van der Waals surface area contributed by atoms with E-state index in [1.165, 1.54) is 0 Å². The van der Waals surface area contributed by atoms with Crippen molar-refractivity contribution in [3.63, 3.8) is 0 Å². The zero-order valence-electron chi connectivity index (χ0n) is 11.0. The molecular weight excluding hydrogens is 257 g/mol. The van der Waals surface area contributed by atoms with E-state index in [1.54, 1.807) is 4.90 Å². The maximum Gasteiger partial charge on any atom is 0.412 e. The molecule has 2 rings (SSSR count). The van der Waals surface area contributed by atoms with Gasteiger partial charge in [-0.3, -0.25) is 4.79 Å². The Bertz CT molecular complexity index is 384. The summed E-state index contributed by atoms with van der Waals surface area (Å²) in [5, 5.41) is 3.19. The topological polar surface area (TPSA) is 32.3 Å². The summed E-state index contributed by atoms with van der Waals surface area (Å²) in [5.41, 5.74) is -0.929. The molecule has 19 heavy (non-hydrogen) atoms. The number of nitrogens with one attached hydrogen (secondary N) is 1. The SMILES string of the molecule is CC1(C(=O)N2CC=C(C(F)(F)F)CC2)CCNCC1. The molecule has 0 spiro atoms. The van der Waals surface area contributed by atoms with Crippen molar-refractivity contribution in [3.8, 4) is 0 Å². The summed E-state index contributed by atoms with van der Waals surface area (Å²) in [5.74, 6) is -0.00789. The van der Waals surface area contributed by atoms with Crippen molar-refractivity contribution in [1.82, 2.24) is 10.2 Å². The highest BCUT2D eigenvalue weighted by molar-refractivity contribution is 5.82. The number of halogens is 3. The molecule has 1 amide bonds. The molecule has 0 radical (unpaired) electrons. The molecule has 6 heteroatoms. The number of nitrogens with zero attached hydrogens (tertiary/aromatic N) is 1. The number of amides is 1. The Morgan fingerprint density at radius 2 is 2.00 bits per heavy atom. The summed E-state index contributed by atoms with van der Waals surface area (Å²) in [6.45, 7) is 3.75. The monoisotopic (exact) mass is 276 g/mol. The van der Waals surface area contributed by atoms with Crippen LogP contribution in [0.4, 0.5) is 13.2 Å². The first-order chi connectivity index (χ1) is 8.83. The largest absolute Gasteiger partial charge is 0.412 e. The van der Waals surface area contributed by atoms with Gasteiger partial charge in [0, 0.05) is 24.1 Å². The Balaban J connectivity index is 2.01. The molecule has 0 aromatic rings. The lowest BCUT2D eigenvalue weighted by molar-refractivity contribution is -0.143. The quantitative estimate of drug-likeness (QED) is 0.744. The molecule has 3 nitrogen and oxygen atoms in total. The van der Waals surface area contributed by atoms with Gasteiger partial charge in [0.15, 0.2) is 0 Å². The van der Waals surface area contributed by atoms with E-state index in [0.29, 0.717) is 0 Å². The minimum absolute atomic E-state index is 0.00789. The van der Waals surface area contributed by atoms with Gasteiger partial charge in [0.1, 0.15) is 0 Å². The minimum Gasteiger partial charge on any atom is -0.338 e. The van der Waals surface area contributed by atoms with Crippen LogP contribution in [-0.2, 0) is 4.79 Å². The first-order valence-corrected chi connectivity index (χ1v) is 6.59. The molecule has 0 aromatic heterocycles. The fraction of sp³-hybridized carbons (Fsp3) is 0.769. The predicted molar refractivity (Wildman–Crippen MR) is 65.5 cm³/mol. The summed E-state index contributed by atoms with van der Waals surface area (Å²) in [7, 11) is 0. The van der Waals surface area contributed by atoms with Gasteiger partial charge in [-0.1, -0.05) is 13.0 Å². The van der Waals surface area contributed by atoms with E-state index in [9.17, 15) is 18.0 Å². The Hall–Kier alpha value is -1.04. The molecule has 2 heterocycles. The third kappa shape index (κ3) is 3.11. The molecule has 1 fully saturated rings. The number of hydrogen-bond acceptors (Lipinski definition) is 2. The first kappa shape index (κ1) is 14.4. The van der Waals surface area contributed by atoms with Crippen molar-refractivity contribution in [2.45, 2.75) is 32.4 Å². The van der Waals surface area contributed by atoms with E-state index in [4.69, 9.17) is 0 Å². The highest BCUT2D eigenvalue weighted by Gasteiger charge is 2.40. The fourth-order valence-corrected chi connectivity index (χ4v) is 2.69. The first-order valence-electron chi connectivity index (χ1n) is 6.59. The highest BCUT2D eigenvalue weighted by Crippen LogP contribution is 2.34. The third-order valence-electron chi connectivity index (χ3n) is 4.08. The van der Waals surface area contributed by atoms with E-state index < -0.39 is 17.2 Å². The van der Waals surface area contributed by atoms with Gasteiger partial charge < -0.3 is 10.2 Å². The molecule has 0 aliphatic carbocycles. The minimum atomic E-state index is -4.26. The normalized spacial score (nSPS) is 24.0. The van der Waals surface area contributed by atoms with Crippen molar-refractivity contribution in [2.75, 3.05) is 26.2 Å². The van der Waals surface area contributed by atoms with Crippen LogP contribution in [0.5, 0.6) is 0 Å².